The van der Waals surface area contributed by atoms with Crippen molar-refractivity contribution >= 4 is 11.8 Å². The summed E-state index contributed by atoms with van der Waals surface area (Å²) in [5.74, 6) is 1.81. The molecule has 2 aromatic rings. The molecule has 17 heavy (non-hydrogen) atoms. The zero-order valence-electron chi connectivity index (χ0n) is 9.96. The molecular weight excluding hydrogens is 234 g/mol. The molecule has 0 atom stereocenters. The maximum atomic E-state index is 5.70. The van der Waals surface area contributed by atoms with Gasteiger partial charge in [-0.25, -0.2) is 0 Å². The van der Waals surface area contributed by atoms with E-state index in [1.54, 1.807) is 18.1 Å². The highest BCUT2D eigenvalue weighted by Crippen LogP contribution is 2.18. The largest absolute Gasteiger partial charge is 0.492 e. The summed E-state index contributed by atoms with van der Waals surface area (Å²) in [5, 5.41) is 8.74. The Morgan fingerprint density at radius 1 is 1.35 bits per heavy atom. The molecule has 4 nitrogen and oxygen atoms in total. The molecule has 0 spiro atoms. The van der Waals surface area contributed by atoms with Crippen molar-refractivity contribution in [2.45, 2.75) is 12.1 Å². The molecule has 2 rings (SSSR count). The number of hydrogen-bond acceptors (Lipinski definition) is 4. The predicted molar refractivity (Wildman–Crippen MR) is 68.4 cm³/mol. The summed E-state index contributed by atoms with van der Waals surface area (Å²) in [7, 11) is 1.94. The van der Waals surface area contributed by atoms with Crippen LogP contribution in [0.2, 0.25) is 0 Å². The van der Waals surface area contributed by atoms with Crippen LogP contribution in [0.4, 0.5) is 0 Å². The van der Waals surface area contributed by atoms with Gasteiger partial charge in [0.15, 0.2) is 5.16 Å². The molecule has 0 aliphatic carbocycles. The second-order valence-corrected chi connectivity index (χ2v) is 4.75. The van der Waals surface area contributed by atoms with Gasteiger partial charge in [0, 0.05) is 12.8 Å². The van der Waals surface area contributed by atoms with E-state index in [4.69, 9.17) is 4.74 Å². The van der Waals surface area contributed by atoms with Gasteiger partial charge >= 0.3 is 0 Å². The number of thioether (sulfide) groups is 1. The van der Waals surface area contributed by atoms with Gasteiger partial charge in [0.2, 0.25) is 0 Å². The van der Waals surface area contributed by atoms with E-state index in [1.807, 2.05) is 42.8 Å². The lowest BCUT2D eigenvalue weighted by molar-refractivity contribution is 0.341. The molecule has 0 radical (unpaired) electrons. The van der Waals surface area contributed by atoms with E-state index in [1.165, 1.54) is 0 Å². The monoisotopic (exact) mass is 249 g/mol. The summed E-state index contributed by atoms with van der Waals surface area (Å²) < 4.78 is 7.60. The highest BCUT2D eigenvalue weighted by molar-refractivity contribution is 7.99. The average molecular weight is 249 g/mol. The molecule has 1 heterocycles. The Balaban J connectivity index is 1.77. The zero-order chi connectivity index (χ0) is 12.1. The molecule has 1 aromatic heterocycles. The molecule has 0 unspecified atom stereocenters. The van der Waals surface area contributed by atoms with Crippen molar-refractivity contribution in [3.8, 4) is 5.75 Å². The smallest absolute Gasteiger partial charge is 0.190 e. The van der Waals surface area contributed by atoms with Crippen LogP contribution in [-0.4, -0.2) is 27.1 Å². The molecule has 0 amide bonds. The lowest BCUT2D eigenvalue weighted by atomic mass is 10.2. The Morgan fingerprint density at radius 3 is 2.88 bits per heavy atom. The van der Waals surface area contributed by atoms with Gasteiger partial charge in [-0.15, -0.1) is 10.2 Å². The van der Waals surface area contributed by atoms with E-state index < -0.39 is 0 Å². The van der Waals surface area contributed by atoms with Crippen LogP contribution in [-0.2, 0) is 7.05 Å². The second-order valence-electron chi connectivity index (χ2n) is 3.69. The fraction of sp³-hybridized carbons (Fsp3) is 0.333. The lowest BCUT2D eigenvalue weighted by Gasteiger charge is -2.07. The standard InChI is InChI=1S/C12H15N3OS/c1-10-5-3-4-6-11(10)16-7-8-17-12-14-13-9-15(12)2/h3-6,9H,7-8H2,1-2H3. The first kappa shape index (κ1) is 12.0. The van der Waals surface area contributed by atoms with Gasteiger partial charge in [-0.1, -0.05) is 30.0 Å². The second kappa shape index (κ2) is 5.72. The van der Waals surface area contributed by atoms with Crippen molar-refractivity contribution in [3.63, 3.8) is 0 Å². The van der Waals surface area contributed by atoms with Gasteiger partial charge in [-0.3, -0.25) is 0 Å². The highest BCUT2D eigenvalue weighted by atomic mass is 32.2. The normalized spacial score (nSPS) is 10.5. The van der Waals surface area contributed by atoms with Crippen LogP contribution in [0.15, 0.2) is 35.7 Å². The Kier molecular flexibility index (Phi) is 4.03. The van der Waals surface area contributed by atoms with Crippen LogP contribution < -0.4 is 4.74 Å². The number of ether oxygens (including phenoxy) is 1. The molecule has 0 fully saturated rings. The van der Waals surface area contributed by atoms with Crippen LogP contribution >= 0.6 is 11.8 Å². The van der Waals surface area contributed by atoms with Crippen LogP contribution in [0.5, 0.6) is 5.75 Å². The Labute approximate surface area is 105 Å². The fourth-order valence-corrected chi connectivity index (χ4v) is 2.11. The Morgan fingerprint density at radius 2 is 2.18 bits per heavy atom. The van der Waals surface area contributed by atoms with Crippen molar-refractivity contribution in [2.75, 3.05) is 12.4 Å². The van der Waals surface area contributed by atoms with E-state index in [0.29, 0.717) is 6.61 Å². The third-order valence-corrected chi connectivity index (χ3v) is 3.33. The Hall–Kier alpha value is -1.49. The summed E-state index contributed by atoms with van der Waals surface area (Å²) in [5.41, 5.74) is 1.16. The minimum Gasteiger partial charge on any atom is -0.492 e. The van der Waals surface area contributed by atoms with Gasteiger partial charge in [0.25, 0.3) is 0 Å². The topological polar surface area (TPSA) is 39.9 Å². The molecular formula is C12H15N3OS. The molecule has 0 N–H and O–H groups in total. The summed E-state index contributed by atoms with van der Waals surface area (Å²) in [6.07, 6.45) is 1.70. The number of aryl methyl sites for hydroxylation is 2. The molecule has 0 aliphatic rings. The number of benzene rings is 1. The zero-order valence-corrected chi connectivity index (χ0v) is 10.8. The molecule has 0 saturated heterocycles. The first-order valence-corrected chi connectivity index (χ1v) is 6.41. The van der Waals surface area contributed by atoms with E-state index in [0.717, 1.165) is 22.2 Å². The van der Waals surface area contributed by atoms with Crippen molar-refractivity contribution < 1.29 is 4.74 Å². The molecule has 5 heteroatoms. The molecule has 0 aliphatic heterocycles. The average Bonchev–Trinajstić information content (AvgIpc) is 2.73. The maximum Gasteiger partial charge on any atom is 0.190 e. The third kappa shape index (κ3) is 3.23. The molecule has 0 bridgehead atoms. The molecule has 90 valence electrons. The maximum absolute atomic E-state index is 5.70. The molecule has 1 aromatic carbocycles. The van der Waals surface area contributed by atoms with E-state index >= 15 is 0 Å². The minimum absolute atomic E-state index is 0.669. The van der Waals surface area contributed by atoms with Crippen LogP contribution in [0.25, 0.3) is 0 Å². The predicted octanol–water partition coefficient (Wildman–Crippen LogP) is 2.29. The van der Waals surface area contributed by atoms with Gasteiger partial charge in [-0.05, 0) is 18.6 Å². The number of aromatic nitrogens is 3. The minimum atomic E-state index is 0.669. The van der Waals surface area contributed by atoms with Gasteiger partial charge in [0.05, 0.1) is 6.61 Å². The lowest BCUT2D eigenvalue weighted by Crippen LogP contribution is -2.02. The Bertz CT molecular complexity index is 484. The van der Waals surface area contributed by atoms with Crippen molar-refractivity contribution in [1.29, 1.82) is 0 Å². The van der Waals surface area contributed by atoms with Crippen molar-refractivity contribution in [2.24, 2.45) is 7.05 Å². The number of hydrogen-bond donors (Lipinski definition) is 0. The van der Waals surface area contributed by atoms with Gasteiger partial charge in [-0.2, -0.15) is 0 Å². The first-order valence-electron chi connectivity index (χ1n) is 5.42. The van der Waals surface area contributed by atoms with Crippen molar-refractivity contribution in [3.05, 3.63) is 36.2 Å². The van der Waals surface area contributed by atoms with E-state index in [-0.39, 0.29) is 0 Å². The number of rotatable bonds is 5. The number of para-hydroxylation sites is 1. The SMILES string of the molecule is Cc1ccccc1OCCSc1nncn1C. The first-order chi connectivity index (χ1) is 8.27. The van der Waals surface area contributed by atoms with Crippen LogP contribution in [0.3, 0.4) is 0 Å². The summed E-state index contributed by atoms with van der Waals surface area (Å²) in [6, 6.07) is 8.03. The third-order valence-electron chi connectivity index (χ3n) is 2.34. The summed E-state index contributed by atoms with van der Waals surface area (Å²) in [6.45, 7) is 2.72. The summed E-state index contributed by atoms with van der Waals surface area (Å²) in [4.78, 5) is 0. The quantitative estimate of drug-likeness (QED) is 0.602. The van der Waals surface area contributed by atoms with Crippen molar-refractivity contribution in [1.82, 2.24) is 14.8 Å². The molecule has 0 saturated carbocycles. The van der Waals surface area contributed by atoms with Gasteiger partial charge < -0.3 is 9.30 Å². The van der Waals surface area contributed by atoms with E-state index in [2.05, 4.69) is 10.2 Å². The van der Waals surface area contributed by atoms with E-state index in [9.17, 15) is 0 Å². The van der Waals surface area contributed by atoms with Crippen LogP contribution in [0.1, 0.15) is 5.56 Å². The highest BCUT2D eigenvalue weighted by Gasteiger charge is 2.02. The number of nitrogens with zero attached hydrogens (tertiary/aromatic N) is 3. The summed E-state index contributed by atoms with van der Waals surface area (Å²) >= 11 is 1.64. The van der Waals surface area contributed by atoms with Gasteiger partial charge in [0.1, 0.15) is 12.1 Å². The van der Waals surface area contributed by atoms with Crippen LogP contribution in [0, 0.1) is 6.92 Å². The fourth-order valence-electron chi connectivity index (χ4n) is 1.41.